The molecule has 26 heavy (non-hydrogen) atoms. The van der Waals surface area contributed by atoms with Crippen LogP contribution in [0.25, 0.3) is 0 Å². The maximum atomic E-state index is 12.6. The Bertz CT molecular complexity index is 981. The zero-order chi connectivity index (χ0) is 18.7. The van der Waals surface area contributed by atoms with Gasteiger partial charge in [-0.3, -0.25) is 9.59 Å². The molecular weight excluding hydrogens is 422 g/mol. The van der Waals surface area contributed by atoms with Crippen molar-refractivity contribution in [3.63, 3.8) is 0 Å². The van der Waals surface area contributed by atoms with Crippen LogP contribution in [0.15, 0.2) is 56.8 Å². The molecule has 1 aromatic carbocycles. The second kappa shape index (κ2) is 7.73. The zero-order valence-electron chi connectivity index (χ0n) is 13.9. The molecule has 1 aliphatic rings. The Kier molecular flexibility index (Phi) is 5.59. The fourth-order valence-corrected chi connectivity index (χ4v) is 4.80. The lowest BCUT2D eigenvalue weighted by molar-refractivity contribution is -0.116. The van der Waals surface area contributed by atoms with Gasteiger partial charge < -0.3 is 9.88 Å². The second-order valence-corrected chi connectivity index (χ2v) is 8.71. The first-order valence-corrected chi connectivity index (χ1v) is 10.4. The minimum atomic E-state index is -3.83. The summed E-state index contributed by atoms with van der Waals surface area (Å²) in [6, 6.07) is 9.85. The number of carbonyl (C=O) groups is 1. The van der Waals surface area contributed by atoms with Gasteiger partial charge in [0.1, 0.15) is 11.4 Å². The molecule has 138 valence electrons. The van der Waals surface area contributed by atoms with Crippen LogP contribution in [0.3, 0.4) is 0 Å². The second-order valence-electron chi connectivity index (χ2n) is 5.94. The quantitative estimate of drug-likeness (QED) is 0.771. The number of carbonyl (C=O) groups excluding carboxylic acids is 1. The van der Waals surface area contributed by atoms with Crippen molar-refractivity contribution in [2.24, 2.45) is 0 Å². The normalized spacial score (nSPS) is 15.1. The smallest absolute Gasteiger partial charge is 0.271 e. The SMILES string of the molecule is O=C(Cn1cccc(S(=O)(=O)N2CCCC2)c1=O)Nc1ccccc1Br. The first-order valence-electron chi connectivity index (χ1n) is 8.13. The van der Waals surface area contributed by atoms with E-state index in [0.29, 0.717) is 23.2 Å². The number of hydrogen-bond acceptors (Lipinski definition) is 4. The highest BCUT2D eigenvalue weighted by molar-refractivity contribution is 9.10. The number of amides is 1. The molecule has 1 fully saturated rings. The molecule has 0 saturated carbocycles. The van der Waals surface area contributed by atoms with E-state index in [4.69, 9.17) is 0 Å². The standard InChI is InChI=1S/C17H18BrN3O4S/c18-13-6-1-2-7-14(13)19-16(22)12-20-9-5-8-15(17(20)23)26(24,25)21-10-3-4-11-21/h1-2,5-9H,3-4,10-12H2,(H,19,22). The fraction of sp³-hybridized carbons (Fsp3) is 0.294. The first-order chi connectivity index (χ1) is 12.4. The fourth-order valence-electron chi connectivity index (χ4n) is 2.81. The van der Waals surface area contributed by atoms with Gasteiger partial charge in [0.25, 0.3) is 5.56 Å². The molecule has 0 aliphatic carbocycles. The molecule has 7 nitrogen and oxygen atoms in total. The van der Waals surface area contributed by atoms with Crippen LogP contribution in [0, 0.1) is 0 Å². The summed E-state index contributed by atoms with van der Waals surface area (Å²) in [5, 5.41) is 2.69. The molecule has 1 amide bonds. The summed E-state index contributed by atoms with van der Waals surface area (Å²) in [7, 11) is -3.83. The molecular formula is C17H18BrN3O4S. The maximum Gasteiger partial charge on any atom is 0.271 e. The van der Waals surface area contributed by atoms with E-state index in [1.165, 1.54) is 22.6 Å². The van der Waals surface area contributed by atoms with Crippen molar-refractivity contribution in [3.05, 3.63) is 57.4 Å². The highest BCUT2D eigenvalue weighted by atomic mass is 79.9. The minimum Gasteiger partial charge on any atom is -0.324 e. The predicted octanol–water partition coefficient (Wildman–Crippen LogP) is 2.03. The van der Waals surface area contributed by atoms with Crippen LogP contribution in [0.4, 0.5) is 5.69 Å². The van der Waals surface area contributed by atoms with E-state index >= 15 is 0 Å². The van der Waals surface area contributed by atoms with Crippen LogP contribution in [0.1, 0.15) is 12.8 Å². The lowest BCUT2D eigenvalue weighted by Crippen LogP contribution is -2.36. The summed E-state index contributed by atoms with van der Waals surface area (Å²) in [5.74, 6) is -0.422. The lowest BCUT2D eigenvalue weighted by atomic mass is 10.3. The molecule has 0 spiro atoms. The van der Waals surface area contributed by atoms with Gasteiger partial charge in [-0.1, -0.05) is 12.1 Å². The van der Waals surface area contributed by atoms with Gasteiger partial charge in [-0.15, -0.1) is 0 Å². The Morgan fingerprint density at radius 1 is 1.12 bits per heavy atom. The van der Waals surface area contributed by atoms with Crippen LogP contribution in [-0.2, 0) is 21.4 Å². The van der Waals surface area contributed by atoms with Crippen LogP contribution < -0.4 is 10.9 Å². The maximum absolute atomic E-state index is 12.6. The van der Waals surface area contributed by atoms with E-state index in [1.54, 1.807) is 18.2 Å². The molecule has 1 aliphatic heterocycles. The molecule has 0 atom stereocenters. The van der Waals surface area contributed by atoms with Crippen molar-refractivity contribution in [3.8, 4) is 0 Å². The van der Waals surface area contributed by atoms with Crippen molar-refractivity contribution < 1.29 is 13.2 Å². The van der Waals surface area contributed by atoms with E-state index in [1.807, 2.05) is 6.07 Å². The molecule has 3 rings (SSSR count). The van der Waals surface area contributed by atoms with Crippen LogP contribution in [0.5, 0.6) is 0 Å². The van der Waals surface area contributed by atoms with E-state index in [-0.39, 0.29) is 11.4 Å². The third kappa shape index (κ3) is 3.89. The number of para-hydroxylation sites is 1. The molecule has 1 aromatic heterocycles. The number of nitrogens with one attached hydrogen (secondary N) is 1. The molecule has 9 heteroatoms. The van der Waals surface area contributed by atoms with Gasteiger partial charge in [0.15, 0.2) is 0 Å². The number of nitrogens with zero attached hydrogens (tertiary/aromatic N) is 2. The first kappa shape index (κ1) is 18.8. The van der Waals surface area contributed by atoms with Crippen LogP contribution >= 0.6 is 15.9 Å². The van der Waals surface area contributed by atoms with Crippen LogP contribution in [0.2, 0.25) is 0 Å². The highest BCUT2D eigenvalue weighted by Crippen LogP contribution is 2.21. The molecule has 2 aromatic rings. The Balaban J connectivity index is 1.82. The van der Waals surface area contributed by atoms with E-state index < -0.39 is 21.5 Å². The van der Waals surface area contributed by atoms with Crippen molar-refractivity contribution in [1.29, 1.82) is 0 Å². The number of halogens is 1. The summed E-state index contributed by atoms with van der Waals surface area (Å²) >= 11 is 3.33. The Morgan fingerprint density at radius 2 is 1.81 bits per heavy atom. The summed E-state index contributed by atoms with van der Waals surface area (Å²) in [5.41, 5.74) is -0.118. The number of sulfonamides is 1. The number of aromatic nitrogens is 1. The van der Waals surface area contributed by atoms with E-state index in [0.717, 1.165) is 17.4 Å². The molecule has 0 unspecified atom stereocenters. The van der Waals surface area contributed by atoms with Gasteiger partial charge in [0, 0.05) is 23.8 Å². The number of benzene rings is 1. The van der Waals surface area contributed by atoms with Crippen LogP contribution in [-0.4, -0.2) is 36.3 Å². The Morgan fingerprint density at radius 3 is 2.50 bits per heavy atom. The Labute approximate surface area is 159 Å². The summed E-state index contributed by atoms with van der Waals surface area (Å²) in [4.78, 5) is 24.6. The lowest BCUT2D eigenvalue weighted by Gasteiger charge is -2.16. The predicted molar refractivity (Wildman–Crippen MR) is 101 cm³/mol. The third-order valence-electron chi connectivity index (χ3n) is 4.13. The molecule has 1 N–H and O–H groups in total. The van der Waals surface area contributed by atoms with Crippen molar-refractivity contribution >= 4 is 37.5 Å². The molecule has 1 saturated heterocycles. The average molecular weight is 440 g/mol. The van der Waals surface area contributed by atoms with Gasteiger partial charge in [0.05, 0.1) is 5.69 Å². The van der Waals surface area contributed by atoms with Gasteiger partial charge in [-0.2, -0.15) is 4.31 Å². The van der Waals surface area contributed by atoms with Gasteiger partial charge in [0.2, 0.25) is 15.9 Å². The zero-order valence-corrected chi connectivity index (χ0v) is 16.3. The Hall–Kier alpha value is -1.97. The summed E-state index contributed by atoms with van der Waals surface area (Å²) in [6.45, 7) is 0.557. The van der Waals surface area contributed by atoms with Gasteiger partial charge in [-0.05, 0) is 53.0 Å². The average Bonchev–Trinajstić information content (AvgIpc) is 3.14. The van der Waals surface area contributed by atoms with E-state index in [9.17, 15) is 18.0 Å². The third-order valence-corrected chi connectivity index (χ3v) is 6.73. The molecule has 2 heterocycles. The van der Waals surface area contributed by atoms with E-state index in [2.05, 4.69) is 21.2 Å². The van der Waals surface area contributed by atoms with Crippen molar-refractivity contribution in [1.82, 2.24) is 8.87 Å². The number of pyridine rings is 1. The molecule has 0 bridgehead atoms. The monoisotopic (exact) mass is 439 g/mol. The number of hydrogen-bond donors (Lipinski definition) is 1. The topological polar surface area (TPSA) is 88.5 Å². The van der Waals surface area contributed by atoms with Gasteiger partial charge in [-0.25, -0.2) is 8.42 Å². The minimum absolute atomic E-state index is 0.274. The highest BCUT2D eigenvalue weighted by Gasteiger charge is 2.30. The van der Waals surface area contributed by atoms with Crippen molar-refractivity contribution in [2.45, 2.75) is 24.3 Å². The summed E-state index contributed by atoms with van der Waals surface area (Å²) in [6.07, 6.45) is 2.98. The summed E-state index contributed by atoms with van der Waals surface area (Å²) < 4.78 is 28.4. The van der Waals surface area contributed by atoms with Crippen molar-refractivity contribution in [2.75, 3.05) is 18.4 Å². The number of rotatable bonds is 5. The number of anilines is 1. The van der Waals surface area contributed by atoms with Gasteiger partial charge >= 0.3 is 0 Å². The largest absolute Gasteiger partial charge is 0.324 e. The molecule has 0 radical (unpaired) electrons.